The first-order valence-electron chi connectivity index (χ1n) is 8.84. The zero-order chi connectivity index (χ0) is 18.1. The van der Waals surface area contributed by atoms with Gasteiger partial charge in [-0.25, -0.2) is 0 Å². The zero-order valence-corrected chi connectivity index (χ0v) is 15.0. The monoisotopic (exact) mass is 346 g/mol. The number of aromatic nitrogens is 3. The molecule has 1 aliphatic rings. The maximum Gasteiger partial charge on any atom is 0.256 e. The summed E-state index contributed by atoms with van der Waals surface area (Å²) in [7, 11) is 0. The van der Waals surface area contributed by atoms with Crippen LogP contribution < -0.4 is 0 Å². The summed E-state index contributed by atoms with van der Waals surface area (Å²) in [6, 6.07) is 18.1. The van der Waals surface area contributed by atoms with Gasteiger partial charge in [0.05, 0.1) is 11.3 Å². The van der Waals surface area contributed by atoms with Crippen molar-refractivity contribution in [1.82, 2.24) is 19.7 Å². The van der Waals surface area contributed by atoms with E-state index in [2.05, 4.69) is 48.3 Å². The molecule has 26 heavy (non-hydrogen) atoms. The van der Waals surface area contributed by atoms with E-state index < -0.39 is 0 Å². The lowest BCUT2D eigenvalue weighted by Gasteiger charge is -2.25. The Bertz CT molecular complexity index is 903. The fourth-order valence-electron chi connectivity index (χ4n) is 3.91. The number of carbonyl (C=O) groups is 1. The van der Waals surface area contributed by atoms with Crippen molar-refractivity contribution < 1.29 is 4.79 Å². The third kappa shape index (κ3) is 2.90. The summed E-state index contributed by atoms with van der Waals surface area (Å²) in [4.78, 5) is 15.3. The molecule has 1 aliphatic heterocycles. The van der Waals surface area contributed by atoms with Crippen LogP contribution in [0.2, 0.25) is 0 Å². The smallest absolute Gasteiger partial charge is 0.256 e. The fraction of sp³-hybridized carbons (Fsp3) is 0.286. The van der Waals surface area contributed by atoms with Gasteiger partial charge < -0.3 is 4.90 Å². The Labute approximate surface area is 153 Å². The number of rotatable bonds is 3. The van der Waals surface area contributed by atoms with Crippen molar-refractivity contribution in [2.75, 3.05) is 13.1 Å². The van der Waals surface area contributed by atoms with Crippen molar-refractivity contribution in [2.45, 2.75) is 19.8 Å². The Hall–Kier alpha value is -2.95. The van der Waals surface area contributed by atoms with Gasteiger partial charge in [0.2, 0.25) is 0 Å². The summed E-state index contributed by atoms with van der Waals surface area (Å²) in [5, 5.41) is 7.72. The van der Waals surface area contributed by atoms with Gasteiger partial charge in [-0.05, 0) is 23.1 Å². The number of carbonyl (C=O) groups excluding carboxylic acids is 1. The van der Waals surface area contributed by atoms with Gasteiger partial charge in [-0.2, -0.15) is 0 Å². The molecule has 2 heterocycles. The average molecular weight is 346 g/mol. The molecule has 1 atom stereocenters. The molecule has 1 saturated heterocycles. The molecule has 0 aliphatic carbocycles. The third-order valence-corrected chi connectivity index (χ3v) is 5.27. The quantitative estimate of drug-likeness (QED) is 0.729. The molecule has 0 spiro atoms. The van der Waals surface area contributed by atoms with E-state index in [0.717, 1.165) is 18.8 Å². The summed E-state index contributed by atoms with van der Waals surface area (Å²) < 4.78 is 1.78. The van der Waals surface area contributed by atoms with E-state index >= 15 is 0 Å². The standard InChI is InChI=1S/C21H22N4O/c1-21(2)13-24(12-18(21)16-8-4-3-5-9-16)20(26)17-10-6-7-11-19(17)25-14-22-23-15-25/h3-11,14-15,18H,12-13H2,1-2H3/t18-/m1/s1. The van der Waals surface area contributed by atoms with Crippen LogP contribution in [0.4, 0.5) is 0 Å². The van der Waals surface area contributed by atoms with Gasteiger partial charge in [0, 0.05) is 19.0 Å². The van der Waals surface area contributed by atoms with Gasteiger partial charge in [0.25, 0.3) is 5.91 Å². The highest BCUT2D eigenvalue weighted by atomic mass is 16.2. The number of amides is 1. The number of benzene rings is 2. The molecule has 2 aromatic carbocycles. The van der Waals surface area contributed by atoms with Gasteiger partial charge in [0.15, 0.2) is 0 Å². The van der Waals surface area contributed by atoms with Crippen LogP contribution in [0.5, 0.6) is 0 Å². The first kappa shape index (κ1) is 16.5. The van der Waals surface area contributed by atoms with Crippen LogP contribution in [0.3, 0.4) is 0 Å². The largest absolute Gasteiger partial charge is 0.337 e. The molecular formula is C21H22N4O. The van der Waals surface area contributed by atoms with Crippen LogP contribution in [0.25, 0.3) is 5.69 Å². The minimum absolute atomic E-state index is 0.0303. The van der Waals surface area contributed by atoms with E-state index in [1.807, 2.05) is 35.2 Å². The minimum atomic E-state index is 0.0303. The van der Waals surface area contributed by atoms with E-state index in [1.165, 1.54) is 5.56 Å². The second-order valence-electron chi connectivity index (χ2n) is 7.52. The summed E-state index contributed by atoms with van der Waals surface area (Å²) in [6.45, 7) is 5.95. The van der Waals surface area contributed by atoms with Crippen LogP contribution in [-0.2, 0) is 0 Å². The molecule has 132 valence electrons. The number of likely N-dealkylation sites (tertiary alicyclic amines) is 1. The molecule has 1 fully saturated rings. The SMILES string of the molecule is CC1(C)CN(C(=O)c2ccccc2-n2cnnc2)C[C@@H]1c1ccccc1. The van der Waals surface area contributed by atoms with Gasteiger partial charge >= 0.3 is 0 Å². The van der Waals surface area contributed by atoms with Crippen molar-refractivity contribution >= 4 is 5.91 Å². The Morgan fingerprint density at radius 2 is 1.65 bits per heavy atom. The molecule has 0 bridgehead atoms. The molecular weight excluding hydrogens is 324 g/mol. The first-order chi connectivity index (χ1) is 12.6. The zero-order valence-electron chi connectivity index (χ0n) is 15.0. The molecule has 0 radical (unpaired) electrons. The molecule has 4 rings (SSSR count). The number of hydrogen-bond donors (Lipinski definition) is 0. The van der Waals surface area contributed by atoms with Gasteiger partial charge in [-0.15, -0.1) is 10.2 Å². The molecule has 0 unspecified atom stereocenters. The van der Waals surface area contributed by atoms with Gasteiger partial charge in [0.1, 0.15) is 12.7 Å². The molecule has 5 heteroatoms. The summed E-state index contributed by atoms with van der Waals surface area (Å²) in [5.74, 6) is 0.385. The van der Waals surface area contributed by atoms with Crippen molar-refractivity contribution in [3.63, 3.8) is 0 Å². The maximum absolute atomic E-state index is 13.3. The Balaban J connectivity index is 1.65. The van der Waals surface area contributed by atoms with Gasteiger partial charge in [-0.1, -0.05) is 56.3 Å². The predicted octanol–water partition coefficient (Wildman–Crippen LogP) is 3.53. The molecule has 1 amide bonds. The molecule has 5 nitrogen and oxygen atoms in total. The van der Waals surface area contributed by atoms with Crippen LogP contribution in [0.1, 0.15) is 35.7 Å². The molecule has 0 saturated carbocycles. The molecule has 0 N–H and O–H groups in total. The van der Waals surface area contributed by atoms with Gasteiger partial charge in [-0.3, -0.25) is 9.36 Å². The lowest BCUT2D eigenvalue weighted by molar-refractivity contribution is 0.0778. The van der Waals surface area contributed by atoms with Crippen molar-refractivity contribution in [1.29, 1.82) is 0 Å². The number of hydrogen-bond acceptors (Lipinski definition) is 3. The van der Waals surface area contributed by atoms with E-state index in [4.69, 9.17) is 0 Å². The van der Waals surface area contributed by atoms with Crippen LogP contribution in [-0.4, -0.2) is 38.7 Å². The second-order valence-corrected chi connectivity index (χ2v) is 7.52. The fourth-order valence-corrected chi connectivity index (χ4v) is 3.91. The summed E-state index contributed by atoms with van der Waals surface area (Å²) in [5.41, 5.74) is 2.81. The normalized spacial score (nSPS) is 18.8. The minimum Gasteiger partial charge on any atom is -0.337 e. The second kappa shape index (κ2) is 6.41. The van der Waals surface area contributed by atoms with E-state index in [0.29, 0.717) is 11.5 Å². The van der Waals surface area contributed by atoms with E-state index in [1.54, 1.807) is 17.2 Å². The molecule has 1 aromatic heterocycles. The highest BCUT2D eigenvalue weighted by Gasteiger charge is 2.42. The summed E-state index contributed by atoms with van der Waals surface area (Å²) >= 11 is 0. The Kier molecular flexibility index (Phi) is 4.07. The Morgan fingerprint density at radius 3 is 2.38 bits per heavy atom. The first-order valence-corrected chi connectivity index (χ1v) is 8.84. The Morgan fingerprint density at radius 1 is 1.00 bits per heavy atom. The van der Waals surface area contributed by atoms with Crippen LogP contribution in [0, 0.1) is 5.41 Å². The van der Waals surface area contributed by atoms with Crippen molar-refractivity contribution in [2.24, 2.45) is 5.41 Å². The van der Waals surface area contributed by atoms with Crippen molar-refractivity contribution in [3.05, 3.63) is 78.4 Å². The highest BCUT2D eigenvalue weighted by Crippen LogP contribution is 2.42. The number of para-hydroxylation sites is 1. The molecule has 3 aromatic rings. The van der Waals surface area contributed by atoms with Crippen molar-refractivity contribution in [3.8, 4) is 5.69 Å². The van der Waals surface area contributed by atoms with E-state index in [9.17, 15) is 4.79 Å². The topological polar surface area (TPSA) is 51.0 Å². The average Bonchev–Trinajstić information content (AvgIpc) is 3.29. The van der Waals surface area contributed by atoms with Crippen LogP contribution >= 0.6 is 0 Å². The summed E-state index contributed by atoms with van der Waals surface area (Å²) in [6.07, 6.45) is 3.24. The lowest BCUT2D eigenvalue weighted by Crippen LogP contribution is -2.31. The maximum atomic E-state index is 13.3. The highest BCUT2D eigenvalue weighted by molar-refractivity contribution is 5.98. The third-order valence-electron chi connectivity index (χ3n) is 5.27. The van der Waals surface area contributed by atoms with E-state index in [-0.39, 0.29) is 11.3 Å². The lowest BCUT2D eigenvalue weighted by atomic mass is 9.78. The number of nitrogens with zero attached hydrogens (tertiary/aromatic N) is 4. The predicted molar refractivity (Wildman–Crippen MR) is 100 cm³/mol. The van der Waals surface area contributed by atoms with Crippen LogP contribution in [0.15, 0.2) is 67.3 Å².